The standard InChI is InChI=1S/C9H20O3Si/c1-4-11-7-8-12-6-5-9-13(2,3)10/h4,10H,1,5-9H2,2-3H3. The minimum absolute atomic E-state index is 0.559. The average Bonchev–Trinajstić information content (AvgIpc) is 2.01. The van der Waals surface area contributed by atoms with Gasteiger partial charge in [0.05, 0.1) is 12.9 Å². The summed E-state index contributed by atoms with van der Waals surface area (Å²) in [5.74, 6) is 0. The first-order valence-corrected chi connectivity index (χ1v) is 7.74. The zero-order valence-electron chi connectivity index (χ0n) is 8.58. The van der Waals surface area contributed by atoms with Crippen LogP contribution in [0.5, 0.6) is 0 Å². The molecule has 78 valence electrons. The van der Waals surface area contributed by atoms with E-state index in [1.165, 1.54) is 6.26 Å². The number of rotatable bonds is 8. The molecule has 0 rings (SSSR count). The summed E-state index contributed by atoms with van der Waals surface area (Å²) < 4.78 is 10.1. The van der Waals surface area contributed by atoms with Crippen LogP contribution in [0, 0.1) is 0 Å². The zero-order valence-corrected chi connectivity index (χ0v) is 9.58. The van der Waals surface area contributed by atoms with Gasteiger partial charge in [0, 0.05) is 6.61 Å². The van der Waals surface area contributed by atoms with E-state index in [0.717, 1.165) is 12.5 Å². The molecule has 0 heterocycles. The highest BCUT2D eigenvalue weighted by Crippen LogP contribution is 2.07. The van der Waals surface area contributed by atoms with E-state index in [1.54, 1.807) is 0 Å². The van der Waals surface area contributed by atoms with Crippen molar-refractivity contribution in [2.45, 2.75) is 25.6 Å². The molecule has 0 saturated heterocycles. The fourth-order valence-electron chi connectivity index (χ4n) is 0.899. The first-order valence-electron chi connectivity index (χ1n) is 4.59. The highest BCUT2D eigenvalue weighted by atomic mass is 28.4. The molecule has 1 N–H and O–H groups in total. The smallest absolute Gasteiger partial charge is 0.182 e. The van der Waals surface area contributed by atoms with Crippen molar-refractivity contribution in [2.24, 2.45) is 0 Å². The van der Waals surface area contributed by atoms with Crippen molar-refractivity contribution in [1.29, 1.82) is 0 Å². The molecule has 0 aromatic rings. The molecular formula is C9H20O3Si. The fraction of sp³-hybridized carbons (Fsp3) is 0.778. The highest BCUT2D eigenvalue weighted by molar-refractivity contribution is 6.69. The number of hydrogen-bond acceptors (Lipinski definition) is 3. The summed E-state index contributed by atoms with van der Waals surface area (Å²) in [6.07, 6.45) is 2.34. The van der Waals surface area contributed by atoms with E-state index < -0.39 is 8.32 Å². The summed E-state index contributed by atoms with van der Waals surface area (Å²) in [5, 5.41) is 0. The molecule has 0 bridgehead atoms. The summed E-state index contributed by atoms with van der Waals surface area (Å²) >= 11 is 0. The van der Waals surface area contributed by atoms with Crippen LogP contribution in [0.2, 0.25) is 19.1 Å². The molecule has 0 aromatic carbocycles. The molecule has 0 aliphatic heterocycles. The lowest BCUT2D eigenvalue weighted by atomic mass is 10.5. The van der Waals surface area contributed by atoms with Gasteiger partial charge >= 0.3 is 0 Å². The van der Waals surface area contributed by atoms with Crippen LogP contribution in [0.25, 0.3) is 0 Å². The van der Waals surface area contributed by atoms with Gasteiger partial charge in [0.15, 0.2) is 8.32 Å². The molecule has 4 heteroatoms. The Bertz CT molecular complexity index is 131. The van der Waals surface area contributed by atoms with Gasteiger partial charge < -0.3 is 14.3 Å². The van der Waals surface area contributed by atoms with Crippen molar-refractivity contribution >= 4 is 8.32 Å². The first-order chi connectivity index (χ1) is 6.06. The Morgan fingerprint density at radius 1 is 1.31 bits per heavy atom. The van der Waals surface area contributed by atoms with Crippen molar-refractivity contribution in [3.05, 3.63) is 12.8 Å². The Hall–Kier alpha value is -0.323. The van der Waals surface area contributed by atoms with Gasteiger partial charge in [0.25, 0.3) is 0 Å². The van der Waals surface area contributed by atoms with Gasteiger partial charge in [0.2, 0.25) is 0 Å². The second kappa shape index (κ2) is 7.12. The molecule has 3 nitrogen and oxygen atoms in total. The van der Waals surface area contributed by atoms with E-state index in [2.05, 4.69) is 6.58 Å². The third-order valence-electron chi connectivity index (χ3n) is 1.54. The van der Waals surface area contributed by atoms with Crippen molar-refractivity contribution in [2.75, 3.05) is 19.8 Å². The second-order valence-corrected chi connectivity index (χ2v) is 7.69. The largest absolute Gasteiger partial charge is 0.499 e. The van der Waals surface area contributed by atoms with Crippen LogP contribution >= 0.6 is 0 Å². The van der Waals surface area contributed by atoms with Gasteiger partial charge in [-0.2, -0.15) is 0 Å². The average molecular weight is 204 g/mol. The predicted octanol–water partition coefficient (Wildman–Crippen LogP) is 1.75. The molecule has 0 aromatic heterocycles. The van der Waals surface area contributed by atoms with E-state index in [-0.39, 0.29) is 0 Å². The van der Waals surface area contributed by atoms with Gasteiger partial charge in [0.1, 0.15) is 6.61 Å². The maximum atomic E-state index is 9.50. The quantitative estimate of drug-likeness (QED) is 0.372. The summed E-state index contributed by atoms with van der Waals surface area (Å²) in [4.78, 5) is 9.50. The summed E-state index contributed by atoms with van der Waals surface area (Å²) in [7, 11) is -1.86. The van der Waals surface area contributed by atoms with Crippen molar-refractivity contribution in [3.63, 3.8) is 0 Å². The SMILES string of the molecule is C=COCCOCCC[Si](C)(C)O. The van der Waals surface area contributed by atoms with Gasteiger partial charge in [-0.15, -0.1) is 0 Å². The molecular weight excluding hydrogens is 184 g/mol. The van der Waals surface area contributed by atoms with Crippen LogP contribution in [0.3, 0.4) is 0 Å². The van der Waals surface area contributed by atoms with E-state index in [4.69, 9.17) is 9.47 Å². The monoisotopic (exact) mass is 204 g/mol. The highest BCUT2D eigenvalue weighted by Gasteiger charge is 2.15. The first kappa shape index (κ1) is 12.7. The molecule has 0 saturated carbocycles. The third-order valence-corrected chi connectivity index (χ3v) is 3.12. The Labute approximate surface area is 81.5 Å². The Morgan fingerprint density at radius 3 is 2.54 bits per heavy atom. The van der Waals surface area contributed by atoms with E-state index in [1.807, 2.05) is 13.1 Å². The predicted molar refractivity (Wildman–Crippen MR) is 56.1 cm³/mol. The molecule has 0 aliphatic carbocycles. The normalized spacial score (nSPS) is 11.3. The van der Waals surface area contributed by atoms with E-state index >= 15 is 0 Å². The van der Waals surface area contributed by atoms with Crippen LogP contribution in [-0.2, 0) is 9.47 Å². The third kappa shape index (κ3) is 11.7. The van der Waals surface area contributed by atoms with Crippen LogP contribution in [0.1, 0.15) is 6.42 Å². The van der Waals surface area contributed by atoms with Crippen molar-refractivity contribution < 1.29 is 14.3 Å². The molecule has 13 heavy (non-hydrogen) atoms. The molecule has 0 spiro atoms. The maximum absolute atomic E-state index is 9.50. The number of ether oxygens (including phenoxy) is 2. The molecule has 0 atom stereocenters. The summed E-state index contributed by atoms with van der Waals surface area (Å²) in [6, 6.07) is 0.898. The Morgan fingerprint density at radius 2 is 2.00 bits per heavy atom. The molecule has 0 aliphatic rings. The van der Waals surface area contributed by atoms with E-state index in [9.17, 15) is 4.80 Å². The lowest BCUT2D eigenvalue weighted by molar-refractivity contribution is 0.0852. The summed E-state index contributed by atoms with van der Waals surface area (Å²) in [5.41, 5.74) is 0. The second-order valence-electron chi connectivity index (χ2n) is 3.57. The molecule has 0 amide bonds. The van der Waals surface area contributed by atoms with Gasteiger partial charge in [-0.1, -0.05) is 6.58 Å². The van der Waals surface area contributed by atoms with Gasteiger partial charge in [-0.3, -0.25) is 0 Å². The van der Waals surface area contributed by atoms with E-state index in [0.29, 0.717) is 19.8 Å². The number of hydrogen-bond donors (Lipinski definition) is 1. The van der Waals surface area contributed by atoms with Crippen LogP contribution < -0.4 is 0 Å². The van der Waals surface area contributed by atoms with Crippen LogP contribution in [-0.4, -0.2) is 32.9 Å². The van der Waals surface area contributed by atoms with Crippen LogP contribution in [0.4, 0.5) is 0 Å². The Kier molecular flexibility index (Phi) is 6.94. The maximum Gasteiger partial charge on any atom is 0.182 e. The van der Waals surface area contributed by atoms with Gasteiger partial charge in [-0.25, -0.2) is 0 Å². The van der Waals surface area contributed by atoms with Crippen molar-refractivity contribution in [3.8, 4) is 0 Å². The van der Waals surface area contributed by atoms with Crippen molar-refractivity contribution in [1.82, 2.24) is 0 Å². The lowest BCUT2D eigenvalue weighted by Gasteiger charge is -2.13. The molecule has 0 unspecified atom stereocenters. The fourth-order valence-corrected chi connectivity index (χ4v) is 1.91. The molecule has 0 radical (unpaired) electrons. The van der Waals surface area contributed by atoms with Gasteiger partial charge in [-0.05, 0) is 25.6 Å². The lowest BCUT2D eigenvalue weighted by Crippen LogP contribution is -2.24. The summed E-state index contributed by atoms with van der Waals surface area (Å²) in [6.45, 7) is 9.16. The zero-order chi connectivity index (χ0) is 10.2. The van der Waals surface area contributed by atoms with Crippen LogP contribution in [0.15, 0.2) is 12.8 Å². The minimum atomic E-state index is -1.86. The topological polar surface area (TPSA) is 38.7 Å². The minimum Gasteiger partial charge on any atom is -0.499 e. The molecule has 0 fully saturated rings. The Balaban J connectivity index is 3.04.